The molecule has 7 heteroatoms. The molecule has 0 aliphatic rings. The van der Waals surface area contributed by atoms with E-state index in [9.17, 15) is 9.18 Å². The number of amides is 2. The smallest absolute Gasteiger partial charge is 0.317 e. The molecule has 0 fully saturated rings. The lowest BCUT2D eigenvalue weighted by Crippen LogP contribution is -2.38. The molecule has 3 nitrogen and oxygen atoms in total. The van der Waals surface area contributed by atoms with E-state index in [0.717, 1.165) is 10.4 Å². The molecule has 1 aromatic carbocycles. The van der Waals surface area contributed by atoms with Crippen LogP contribution in [0.2, 0.25) is 10.0 Å². The zero-order valence-electron chi connectivity index (χ0n) is 13.0. The van der Waals surface area contributed by atoms with Crippen molar-refractivity contribution in [1.29, 1.82) is 0 Å². The Morgan fingerprint density at radius 3 is 2.70 bits per heavy atom. The Balaban J connectivity index is 2.04. The third-order valence-corrected chi connectivity index (χ3v) is 5.17. The van der Waals surface area contributed by atoms with Crippen molar-refractivity contribution in [2.45, 2.75) is 26.4 Å². The zero-order chi connectivity index (χ0) is 17.1. The summed E-state index contributed by atoms with van der Waals surface area (Å²) in [7, 11) is 1.71. The summed E-state index contributed by atoms with van der Waals surface area (Å²) in [4.78, 5) is 15.0. The van der Waals surface area contributed by atoms with Gasteiger partial charge >= 0.3 is 6.03 Å². The minimum absolute atomic E-state index is 0.0393. The van der Waals surface area contributed by atoms with Crippen LogP contribution >= 0.6 is 34.5 Å². The molecule has 124 valence electrons. The number of hydrogen-bond donors (Lipinski definition) is 1. The molecule has 0 bridgehead atoms. The Morgan fingerprint density at radius 2 is 2.09 bits per heavy atom. The lowest BCUT2D eigenvalue weighted by atomic mass is 10.1. The van der Waals surface area contributed by atoms with E-state index in [1.54, 1.807) is 30.2 Å². The van der Waals surface area contributed by atoms with Gasteiger partial charge in [-0.2, -0.15) is 0 Å². The second-order valence-corrected chi connectivity index (χ2v) is 7.16. The van der Waals surface area contributed by atoms with Crippen LogP contribution in [0.15, 0.2) is 23.6 Å². The molecule has 2 aromatic rings. The molecule has 2 rings (SSSR count). The van der Waals surface area contributed by atoms with Crippen LogP contribution in [-0.2, 0) is 6.54 Å². The first-order valence-electron chi connectivity index (χ1n) is 6.98. The quantitative estimate of drug-likeness (QED) is 0.713. The number of benzene rings is 1. The third kappa shape index (κ3) is 4.37. The number of nitrogens with one attached hydrogen (secondary N) is 1. The first-order valence-corrected chi connectivity index (χ1v) is 8.62. The number of carbonyl (C=O) groups is 1. The van der Waals surface area contributed by atoms with Crippen LogP contribution in [0.3, 0.4) is 0 Å². The van der Waals surface area contributed by atoms with E-state index in [1.807, 2.05) is 18.4 Å². The van der Waals surface area contributed by atoms with Crippen molar-refractivity contribution in [3.8, 4) is 0 Å². The Bertz CT molecular complexity index is 720. The van der Waals surface area contributed by atoms with E-state index >= 15 is 0 Å². The van der Waals surface area contributed by atoms with Gasteiger partial charge in [0.05, 0.1) is 17.6 Å². The van der Waals surface area contributed by atoms with Crippen molar-refractivity contribution in [3.63, 3.8) is 0 Å². The molecular formula is C16H17Cl2FN2OS. The summed E-state index contributed by atoms with van der Waals surface area (Å²) in [6.07, 6.45) is 0. The van der Waals surface area contributed by atoms with Crippen LogP contribution in [0.1, 0.15) is 29.0 Å². The summed E-state index contributed by atoms with van der Waals surface area (Å²) >= 11 is 13.4. The van der Waals surface area contributed by atoms with Gasteiger partial charge in [-0.15, -0.1) is 11.3 Å². The Hall–Kier alpha value is -1.30. The molecule has 0 saturated carbocycles. The number of rotatable bonds is 4. The van der Waals surface area contributed by atoms with Crippen molar-refractivity contribution in [2.75, 3.05) is 7.05 Å². The lowest BCUT2D eigenvalue weighted by molar-refractivity contribution is 0.204. The van der Waals surface area contributed by atoms with E-state index in [2.05, 4.69) is 5.32 Å². The van der Waals surface area contributed by atoms with Crippen LogP contribution in [-0.4, -0.2) is 18.0 Å². The molecule has 0 saturated heterocycles. The molecule has 1 aromatic heterocycles. The van der Waals surface area contributed by atoms with Crippen molar-refractivity contribution in [1.82, 2.24) is 10.2 Å². The molecule has 2 amide bonds. The van der Waals surface area contributed by atoms with Crippen molar-refractivity contribution >= 4 is 40.6 Å². The fourth-order valence-corrected chi connectivity index (χ4v) is 3.60. The van der Waals surface area contributed by atoms with Crippen LogP contribution in [0.4, 0.5) is 9.18 Å². The maximum absolute atomic E-state index is 13.6. The minimum atomic E-state index is -0.560. The number of hydrogen-bond acceptors (Lipinski definition) is 2. The van der Waals surface area contributed by atoms with Gasteiger partial charge < -0.3 is 10.2 Å². The highest BCUT2D eigenvalue weighted by molar-refractivity contribution is 7.10. The normalized spacial score (nSPS) is 12.1. The zero-order valence-corrected chi connectivity index (χ0v) is 15.3. The molecule has 0 spiro atoms. The van der Waals surface area contributed by atoms with Gasteiger partial charge in [-0.25, -0.2) is 9.18 Å². The predicted molar refractivity (Wildman–Crippen MR) is 93.9 cm³/mol. The number of halogens is 3. The van der Waals surface area contributed by atoms with Gasteiger partial charge in [-0.3, -0.25) is 0 Å². The summed E-state index contributed by atoms with van der Waals surface area (Å²) in [5, 5.41) is 5.09. The fraction of sp³-hybridized carbons (Fsp3) is 0.312. The Morgan fingerprint density at radius 1 is 1.39 bits per heavy atom. The van der Waals surface area contributed by atoms with Gasteiger partial charge in [0.2, 0.25) is 0 Å². The third-order valence-electron chi connectivity index (χ3n) is 3.54. The average molecular weight is 375 g/mol. The summed E-state index contributed by atoms with van der Waals surface area (Å²) in [5.74, 6) is -0.560. The first kappa shape index (κ1) is 18.0. The molecule has 1 N–H and O–H groups in total. The minimum Gasteiger partial charge on any atom is -0.331 e. The number of urea groups is 1. The van der Waals surface area contributed by atoms with Gasteiger partial charge in [-0.1, -0.05) is 23.2 Å². The topological polar surface area (TPSA) is 32.3 Å². The number of thiophene rings is 1. The van der Waals surface area contributed by atoms with Crippen molar-refractivity contribution < 1.29 is 9.18 Å². The van der Waals surface area contributed by atoms with E-state index in [0.29, 0.717) is 17.1 Å². The highest BCUT2D eigenvalue weighted by atomic mass is 35.5. The average Bonchev–Trinajstić information content (AvgIpc) is 2.87. The van der Waals surface area contributed by atoms with Crippen LogP contribution < -0.4 is 5.32 Å². The maximum atomic E-state index is 13.6. The monoisotopic (exact) mass is 374 g/mol. The highest BCUT2D eigenvalue weighted by Crippen LogP contribution is 2.28. The summed E-state index contributed by atoms with van der Waals surface area (Å²) in [5.41, 5.74) is 1.65. The highest BCUT2D eigenvalue weighted by Gasteiger charge is 2.18. The molecule has 1 heterocycles. The van der Waals surface area contributed by atoms with Gasteiger partial charge in [0.1, 0.15) is 5.82 Å². The van der Waals surface area contributed by atoms with E-state index in [-0.39, 0.29) is 11.1 Å². The standard InChI is InChI=1S/C16H17Cl2FN2OS/c1-9-4-5-23-15(9)8-21(3)16(22)20-10(2)11-6-14(19)13(18)7-12(11)17/h4-7,10H,8H2,1-3H3,(H,20,22). The second kappa shape index (κ2) is 7.51. The van der Waals surface area contributed by atoms with Gasteiger partial charge in [-0.05, 0) is 48.6 Å². The van der Waals surface area contributed by atoms with Crippen LogP contribution in [0.25, 0.3) is 0 Å². The largest absolute Gasteiger partial charge is 0.331 e. The molecular weight excluding hydrogens is 358 g/mol. The number of aryl methyl sites for hydroxylation is 1. The van der Waals surface area contributed by atoms with E-state index in [4.69, 9.17) is 23.2 Å². The van der Waals surface area contributed by atoms with Gasteiger partial charge in [0.25, 0.3) is 0 Å². The lowest BCUT2D eigenvalue weighted by Gasteiger charge is -2.22. The Labute approximate surface area is 149 Å². The fourth-order valence-electron chi connectivity index (χ4n) is 2.10. The van der Waals surface area contributed by atoms with Crippen LogP contribution in [0, 0.1) is 12.7 Å². The number of carbonyl (C=O) groups excluding carboxylic acids is 1. The molecule has 1 unspecified atom stereocenters. The second-order valence-electron chi connectivity index (χ2n) is 5.34. The summed E-state index contributed by atoms with van der Waals surface area (Å²) in [6.45, 7) is 4.28. The van der Waals surface area contributed by atoms with Crippen molar-refractivity contribution in [3.05, 3.63) is 55.4 Å². The molecule has 0 radical (unpaired) electrons. The van der Waals surface area contributed by atoms with Gasteiger partial charge in [0, 0.05) is 16.9 Å². The maximum Gasteiger partial charge on any atom is 0.317 e. The van der Waals surface area contributed by atoms with E-state index in [1.165, 1.54) is 12.1 Å². The number of nitrogens with zero attached hydrogens (tertiary/aromatic N) is 1. The summed E-state index contributed by atoms with van der Waals surface area (Å²) in [6, 6.07) is 3.92. The first-order chi connectivity index (χ1) is 10.8. The van der Waals surface area contributed by atoms with Crippen molar-refractivity contribution in [2.24, 2.45) is 0 Å². The molecule has 23 heavy (non-hydrogen) atoms. The predicted octanol–water partition coefficient (Wildman–Crippen LogP) is 5.41. The molecule has 1 atom stereocenters. The Kier molecular flexibility index (Phi) is 5.89. The van der Waals surface area contributed by atoms with Gasteiger partial charge in [0.15, 0.2) is 0 Å². The molecule has 0 aliphatic carbocycles. The van der Waals surface area contributed by atoms with Crippen LogP contribution in [0.5, 0.6) is 0 Å². The van der Waals surface area contributed by atoms with E-state index < -0.39 is 11.9 Å². The summed E-state index contributed by atoms with van der Waals surface area (Å²) < 4.78 is 13.6. The SMILES string of the molecule is Cc1ccsc1CN(C)C(=O)NC(C)c1cc(F)c(Cl)cc1Cl. The molecule has 0 aliphatic heterocycles.